The van der Waals surface area contributed by atoms with E-state index < -0.39 is 16.2 Å². The van der Waals surface area contributed by atoms with E-state index in [1.807, 2.05) is 24.3 Å². The molecular formula is C37H43NO7S2. The van der Waals surface area contributed by atoms with E-state index in [-0.39, 0.29) is 28.7 Å². The molecule has 4 aromatic rings. The molecule has 1 amide bonds. The summed E-state index contributed by atoms with van der Waals surface area (Å²) in [5.41, 5.74) is 2.38. The third-order valence-electron chi connectivity index (χ3n) is 7.74. The summed E-state index contributed by atoms with van der Waals surface area (Å²) >= 11 is 1.20. The summed E-state index contributed by atoms with van der Waals surface area (Å²) in [7, 11) is -4.61. The van der Waals surface area contributed by atoms with Crippen LogP contribution in [0.3, 0.4) is 0 Å². The largest absolute Gasteiger partial charge is 0.508 e. The van der Waals surface area contributed by atoms with Crippen LogP contribution in [-0.2, 0) is 21.5 Å². The maximum absolute atomic E-state index is 12.6. The van der Waals surface area contributed by atoms with Crippen molar-refractivity contribution in [3.8, 4) is 22.6 Å². The second-order valence-corrected chi connectivity index (χ2v) is 13.9. The predicted molar refractivity (Wildman–Crippen MR) is 185 cm³/mol. The third-order valence-corrected chi connectivity index (χ3v) is 9.85. The normalized spacial score (nSPS) is 12.1. The first-order chi connectivity index (χ1) is 22.6. The summed E-state index contributed by atoms with van der Waals surface area (Å²) in [4.78, 5) is 13.1. The van der Waals surface area contributed by atoms with Crippen LogP contribution >= 0.6 is 11.8 Å². The number of ether oxygens (including phenoxy) is 1. The molecule has 1 atom stereocenters. The number of carbonyl (C=O) groups excluding carboxylic acids is 1. The number of phenolic OH excluding ortho intramolecular Hbond substituents is 1. The zero-order valence-corrected chi connectivity index (χ0v) is 28.4. The van der Waals surface area contributed by atoms with E-state index in [9.17, 15) is 28.0 Å². The maximum Gasteiger partial charge on any atom is 0.295 e. The molecule has 0 spiro atoms. The molecule has 0 saturated carbocycles. The monoisotopic (exact) mass is 677 g/mol. The van der Waals surface area contributed by atoms with Crippen LogP contribution in [0, 0.1) is 0 Å². The molecule has 8 nitrogen and oxygen atoms in total. The molecule has 0 saturated heterocycles. The van der Waals surface area contributed by atoms with Crippen LogP contribution in [0.5, 0.6) is 11.5 Å². The highest BCUT2D eigenvalue weighted by Gasteiger charge is 2.22. The van der Waals surface area contributed by atoms with Crippen LogP contribution in [0.1, 0.15) is 81.6 Å². The number of hydrogen-bond acceptors (Lipinski definition) is 7. The maximum atomic E-state index is 12.6. The first-order valence-electron chi connectivity index (χ1n) is 16.0. The highest BCUT2D eigenvalue weighted by atomic mass is 32.2. The van der Waals surface area contributed by atoms with Crippen LogP contribution in [0.4, 0.5) is 0 Å². The lowest BCUT2D eigenvalue weighted by atomic mass is 9.91. The molecule has 0 aliphatic carbocycles. The number of aliphatic hydroxyl groups excluding tert-OH is 1. The van der Waals surface area contributed by atoms with E-state index >= 15 is 0 Å². The van der Waals surface area contributed by atoms with E-state index in [1.54, 1.807) is 48.5 Å². The molecule has 0 bridgehead atoms. The summed E-state index contributed by atoms with van der Waals surface area (Å²) in [5, 5.41) is 25.1. The summed E-state index contributed by atoms with van der Waals surface area (Å²) in [6.07, 6.45) is 5.19. The minimum atomic E-state index is -4.61. The van der Waals surface area contributed by atoms with Gasteiger partial charge in [0.25, 0.3) is 10.1 Å². The number of phenols is 1. The van der Waals surface area contributed by atoms with Crippen LogP contribution in [-0.4, -0.2) is 35.7 Å². The van der Waals surface area contributed by atoms with Crippen LogP contribution in [0.15, 0.2) is 99.6 Å². The minimum absolute atomic E-state index is 0.0497. The topological polar surface area (TPSA) is 133 Å². The number of hydrogen-bond donors (Lipinski definition) is 4. The Bertz CT molecular complexity index is 1740. The molecule has 250 valence electrons. The molecule has 47 heavy (non-hydrogen) atoms. The molecule has 0 radical (unpaired) electrons. The van der Waals surface area contributed by atoms with Crippen LogP contribution < -0.4 is 10.1 Å². The summed E-state index contributed by atoms with van der Waals surface area (Å²) < 4.78 is 41.0. The summed E-state index contributed by atoms with van der Waals surface area (Å²) in [6.45, 7) is 5.08. The van der Waals surface area contributed by atoms with E-state index in [2.05, 4.69) is 19.2 Å². The van der Waals surface area contributed by atoms with Gasteiger partial charge in [-0.25, -0.2) is 0 Å². The van der Waals surface area contributed by atoms with Gasteiger partial charge in [-0.05, 0) is 83.6 Å². The average Bonchev–Trinajstić information content (AvgIpc) is 3.06. The number of benzene rings is 4. The molecule has 4 N–H and O–H groups in total. The van der Waals surface area contributed by atoms with Crippen molar-refractivity contribution in [1.29, 1.82) is 0 Å². The SMILES string of the molecule is CCCCCCC(=O)NCc1ccc(O)c(C(O)c2ccccc2-c2ccc(Sc3ccc(OCCCC)cc3)c(S(=O)(=O)O)c2)c1. The molecule has 10 heteroatoms. The first-order valence-corrected chi connectivity index (χ1v) is 18.2. The number of nitrogens with one attached hydrogen (secondary N) is 1. The molecule has 1 unspecified atom stereocenters. The molecule has 0 aliphatic rings. The molecule has 0 fully saturated rings. The van der Waals surface area contributed by atoms with Gasteiger partial charge in [0.15, 0.2) is 0 Å². The van der Waals surface area contributed by atoms with Gasteiger partial charge >= 0.3 is 0 Å². The lowest BCUT2D eigenvalue weighted by Crippen LogP contribution is -2.22. The zero-order valence-electron chi connectivity index (χ0n) is 26.8. The Kier molecular flexibility index (Phi) is 13.3. The lowest BCUT2D eigenvalue weighted by Gasteiger charge is -2.19. The van der Waals surface area contributed by atoms with Gasteiger partial charge in [0.2, 0.25) is 5.91 Å². The second kappa shape index (κ2) is 17.4. The van der Waals surface area contributed by atoms with E-state index in [1.165, 1.54) is 23.9 Å². The predicted octanol–water partition coefficient (Wildman–Crippen LogP) is 8.30. The fourth-order valence-electron chi connectivity index (χ4n) is 5.13. The highest BCUT2D eigenvalue weighted by Crippen LogP contribution is 2.39. The third kappa shape index (κ3) is 10.3. The fraction of sp³-hybridized carbons (Fsp3) is 0.324. The Labute approximate surface area is 282 Å². The smallest absolute Gasteiger partial charge is 0.295 e. The van der Waals surface area contributed by atoms with Crippen molar-refractivity contribution in [2.24, 2.45) is 0 Å². The summed E-state index contributed by atoms with van der Waals surface area (Å²) in [5.74, 6) is 0.558. The molecule has 0 aromatic heterocycles. The van der Waals surface area contributed by atoms with Crippen LogP contribution in [0.2, 0.25) is 0 Å². The Morgan fingerprint density at radius 3 is 2.34 bits per heavy atom. The van der Waals surface area contributed by atoms with E-state index in [4.69, 9.17) is 4.74 Å². The Hall–Kier alpha value is -3.83. The Balaban J connectivity index is 1.57. The number of unbranched alkanes of at least 4 members (excludes halogenated alkanes) is 4. The lowest BCUT2D eigenvalue weighted by molar-refractivity contribution is -0.121. The molecule has 0 heterocycles. The molecule has 4 aromatic carbocycles. The first kappa shape index (κ1) is 36.0. The zero-order chi connectivity index (χ0) is 33.8. The van der Waals surface area contributed by atoms with E-state index in [0.29, 0.717) is 40.2 Å². The quantitative estimate of drug-likeness (QED) is 0.0648. The minimum Gasteiger partial charge on any atom is -0.508 e. The van der Waals surface area contributed by atoms with Gasteiger partial charge < -0.3 is 20.3 Å². The van der Waals surface area contributed by atoms with Crippen molar-refractivity contribution in [2.45, 2.75) is 86.1 Å². The van der Waals surface area contributed by atoms with Gasteiger partial charge in [-0.15, -0.1) is 0 Å². The standard InChI is InChI=1S/C37H43NO7S2/c1-3-5-7-8-13-36(40)38-25-26-14-20-33(39)32(23-26)37(41)31-12-10-9-11-30(31)27-15-21-34(35(24-27)47(42,43)44)46-29-18-16-28(17-19-29)45-22-6-4-2/h9-12,14-21,23-24,37,39,41H,3-8,13,22,25H2,1-2H3,(H,38,40)(H,42,43,44). The van der Waals surface area contributed by atoms with Crippen molar-refractivity contribution >= 4 is 27.8 Å². The number of aromatic hydroxyl groups is 1. The fourth-order valence-corrected chi connectivity index (χ4v) is 6.99. The van der Waals surface area contributed by atoms with Gasteiger partial charge in [-0.1, -0.05) is 87.7 Å². The van der Waals surface area contributed by atoms with Gasteiger partial charge in [0.1, 0.15) is 22.5 Å². The number of aliphatic hydroxyl groups is 1. The van der Waals surface area contributed by atoms with Gasteiger partial charge in [0.05, 0.1) is 6.61 Å². The number of rotatable bonds is 17. The number of amides is 1. The van der Waals surface area contributed by atoms with Gasteiger partial charge in [-0.2, -0.15) is 8.42 Å². The van der Waals surface area contributed by atoms with Gasteiger partial charge in [-0.3, -0.25) is 9.35 Å². The van der Waals surface area contributed by atoms with Crippen molar-refractivity contribution in [3.63, 3.8) is 0 Å². The van der Waals surface area contributed by atoms with Crippen molar-refractivity contribution in [1.82, 2.24) is 5.32 Å². The number of carbonyl (C=O) groups is 1. The average molecular weight is 678 g/mol. The Morgan fingerprint density at radius 2 is 1.62 bits per heavy atom. The van der Waals surface area contributed by atoms with Crippen molar-refractivity contribution in [3.05, 3.63) is 102 Å². The van der Waals surface area contributed by atoms with E-state index in [0.717, 1.165) is 49.2 Å². The van der Waals surface area contributed by atoms with Gasteiger partial charge in [0, 0.05) is 28.3 Å². The summed E-state index contributed by atoms with van der Waals surface area (Å²) in [6, 6.07) is 23.8. The van der Waals surface area contributed by atoms with Crippen molar-refractivity contribution in [2.75, 3.05) is 6.61 Å². The molecule has 4 rings (SSSR count). The highest BCUT2D eigenvalue weighted by molar-refractivity contribution is 8.00. The molecular weight excluding hydrogens is 635 g/mol. The van der Waals surface area contributed by atoms with Crippen molar-refractivity contribution < 1.29 is 32.7 Å². The second-order valence-electron chi connectivity index (χ2n) is 11.4. The Morgan fingerprint density at radius 1 is 0.872 bits per heavy atom. The van der Waals surface area contributed by atoms with Crippen LogP contribution in [0.25, 0.3) is 11.1 Å². The molecule has 0 aliphatic heterocycles.